The Bertz CT molecular complexity index is 729. The number of methoxy groups -OCH3 is 1. The molecule has 0 amide bonds. The molecule has 2 rings (SSSR count). The van der Waals surface area contributed by atoms with Crippen LogP contribution in [0.3, 0.4) is 0 Å². The standard InChI is InChI=1S/C17H18O4/c1-4-11-6-5-7-13-12(8-10(2)17(19)20)9-14(21-3)16(18)15(11)13/h5-9,18H,4H2,1-3H3,(H,19,20)/b10-8-. The van der Waals surface area contributed by atoms with Crippen molar-refractivity contribution in [1.29, 1.82) is 0 Å². The molecule has 0 aliphatic carbocycles. The van der Waals surface area contributed by atoms with E-state index in [9.17, 15) is 9.90 Å². The molecule has 0 atom stereocenters. The summed E-state index contributed by atoms with van der Waals surface area (Å²) in [6.07, 6.45) is 2.35. The SMILES string of the molecule is CCc1cccc2c(/C=C(/C)C(=O)O)cc(OC)c(O)c12. The Kier molecular flexibility index (Phi) is 4.17. The summed E-state index contributed by atoms with van der Waals surface area (Å²) in [4.78, 5) is 11.0. The zero-order valence-corrected chi connectivity index (χ0v) is 12.3. The molecule has 0 saturated heterocycles. The fraction of sp³-hybridized carbons (Fsp3) is 0.235. The smallest absolute Gasteiger partial charge is 0.331 e. The van der Waals surface area contributed by atoms with Gasteiger partial charge in [-0.2, -0.15) is 0 Å². The number of aromatic hydroxyl groups is 1. The van der Waals surface area contributed by atoms with Crippen LogP contribution >= 0.6 is 0 Å². The molecule has 2 aromatic rings. The largest absolute Gasteiger partial charge is 0.504 e. The highest BCUT2D eigenvalue weighted by Gasteiger charge is 2.14. The Hall–Kier alpha value is -2.49. The number of fused-ring (bicyclic) bond motifs is 1. The number of aliphatic carboxylic acids is 1. The minimum atomic E-state index is -0.971. The van der Waals surface area contributed by atoms with E-state index in [-0.39, 0.29) is 11.3 Å². The summed E-state index contributed by atoms with van der Waals surface area (Å²) >= 11 is 0. The molecule has 0 fully saturated rings. The Morgan fingerprint density at radius 2 is 2.10 bits per heavy atom. The van der Waals surface area contributed by atoms with E-state index in [0.717, 1.165) is 22.9 Å². The fourth-order valence-electron chi connectivity index (χ4n) is 2.40. The van der Waals surface area contributed by atoms with Crippen LogP contribution in [0.1, 0.15) is 25.0 Å². The van der Waals surface area contributed by atoms with E-state index < -0.39 is 5.97 Å². The van der Waals surface area contributed by atoms with E-state index in [4.69, 9.17) is 9.84 Å². The monoisotopic (exact) mass is 286 g/mol. The molecular weight excluding hydrogens is 268 g/mol. The van der Waals surface area contributed by atoms with E-state index >= 15 is 0 Å². The number of ether oxygens (including phenoxy) is 1. The van der Waals surface area contributed by atoms with Crippen molar-refractivity contribution in [3.8, 4) is 11.5 Å². The van der Waals surface area contributed by atoms with Gasteiger partial charge < -0.3 is 14.9 Å². The lowest BCUT2D eigenvalue weighted by atomic mass is 9.96. The third-order valence-corrected chi connectivity index (χ3v) is 3.53. The summed E-state index contributed by atoms with van der Waals surface area (Å²) in [5, 5.41) is 20.9. The summed E-state index contributed by atoms with van der Waals surface area (Å²) in [7, 11) is 1.48. The first-order chi connectivity index (χ1) is 9.99. The van der Waals surface area contributed by atoms with Crippen LogP contribution < -0.4 is 4.74 Å². The number of benzene rings is 2. The van der Waals surface area contributed by atoms with Crippen molar-refractivity contribution in [2.45, 2.75) is 20.3 Å². The number of carboxylic acids is 1. The predicted octanol–water partition coefficient (Wildman–Crippen LogP) is 3.60. The molecule has 0 unspecified atom stereocenters. The maximum absolute atomic E-state index is 11.0. The average Bonchev–Trinajstić information content (AvgIpc) is 2.48. The molecule has 2 aromatic carbocycles. The number of aryl methyl sites for hydroxylation is 1. The van der Waals surface area contributed by atoms with E-state index in [2.05, 4.69) is 0 Å². The highest BCUT2D eigenvalue weighted by Crippen LogP contribution is 2.39. The van der Waals surface area contributed by atoms with Crippen LogP contribution in [-0.4, -0.2) is 23.3 Å². The van der Waals surface area contributed by atoms with Gasteiger partial charge in [0.05, 0.1) is 7.11 Å². The van der Waals surface area contributed by atoms with Gasteiger partial charge in [-0.05, 0) is 42.0 Å². The average molecular weight is 286 g/mol. The molecule has 0 aliphatic rings. The number of phenols is 1. The van der Waals surface area contributed by atoms with Gasteiger partial charge in [0.1, 0.15) is 0 Å². The number of carboxylic acid groups (broad SMARTS) is 1. The molecule has 0 radical (unpaired) electrons. The van der Waals surface area contributed by atoms with Gasteiger partial charge >= 0.3 is 5.97 Å². The Balaban J connectivity index is 2.86. The van der Waals surface area contributed by atoms with Crippen LogP contribution in [0.15, 0.2) is 29.8 Å². The van der Waals surface area contributed by atoms with E-state index in [1.807, 2.05) is 25.1 Å². The Morgan fingerprint density at radius 1 is 1.38 bits per heavy atom. The van der Waals surface area contributed by atoms with Gasteiger partial charge in [0.15, 0.2) is 11.5 Å². The van der Waals surface area contributed by atoms with Crippen LogP contribution in [0, 0.1) is 0 Å². The fourth-order valence-corrected chi connectivity index (χ4v) is 2.40. The van der Waals surface area contributed by atoms with Crippen LogP contribution in [0.5, 0.6) is 11.5 Å². The van der Waals surface area contributed by atoms with Crippen LogP contribution in [-0.2, 0) is 11.2 Å². The van der Waals surface area contributed by atoms with Crippen LogP contribution in [0.25, 0.3) is 16.8 Å². The molecule has 0 aliphatic heterocycles. The molecule has 0 bridgehead atoms. The van der Waals surface area contributed by atoms with E-state index in [1.54, 1.807) is 12.1 Å². The predicted molar refractivity (Wildman–Crippen MR) is 82.8 cm³/mol. The quantitative estimate of drug-likeness (QED) is 0.843. The molecule has 4 heteroatoms. The van der Waals surface area contributed by atoms with Crippen molar-refractivity contribution < 1.29 is 19.7 Å². The van der Waals surface area contributed by atoms with Crippen molar-refractivity contribution in [3.05, 3.63) is 41.0 Å². The molecule has 0 saturated carbocycles. The van der Waals surface area contributed by atoms with Gasteiger partial charge in [0.25, 0.3) is 0 Å². The Morgan fingerprint density at radius 3 is 2.67 bits per heavy atom. The second-order valence-electron chi connectivity index (χ2n) is 4.84. The van der Waals surface area contributed by atoms with Crippen molar-refractivity contribution in [2.75, 3.05) is 7.11 Å². The van der Waals surface area contributed by atoms with Crippen molar-refractivity contribution in [2.24, 2.45) is 0 Å². The zero-order valence-electron chi connectivity index (χ0n) is 12.3. The first-order valence-corrected chi connectivity index (χ1v) is 6.72. The molecule has 0 heterocycles. The molecule has 2 N–H and O–H groups in total. The van der Waals surface area contributed by atoms with Crippen LogP contribution in [0.4, 0.5) is 0 Å². The number of carbonyl (C=O) groups is 1. The van der Waals surface area contributed by atoms with Crippen molar-refractivity contribution in [1.82, 2.24) is 0 Å². The molecule has 21 heavy (non-hydrogen) atoms. The van der Waals surface area contributed by atoms with Crippen molar-refractivity contribution in [3.63, 3.8) is 0 Å². The third kappa shape index (κ3) is 2.70. The topological polar surface area (TPSA) is 66.8 Å². The van der Waals surface area contributed by atoms with Gasteiger partial charge in [0.2, 0.25) is 0 Å². The van der Waals surface area contributed by atoms with Gasteiger partial charge in [-0.3, -0.25) is 0 Å². The summed E-state index contributed by atoms with van der Waals surface area (Å²) in [5.41, 5.74) is 1.94. The summed E-state index contributed by atoms with van der Waals surface area (Å²) in [6.45, 7) is 3.54. The van der Waals surface area contributed by atoms with Gasteiger partial charge in [-0.25, -0.2) is 4.79 Å². The summed E-state index contributed by atoms with van der Waals surface area (Å²) in [6, 6.07) is 7.37. The third-order valence-electron chi connectivity index (χ3n) is 3.53. The number of rotatable bonds is 4. The minimum absolute atomic E-state index is 0.0927. The van der Waals surface area contributed by atoms with E-state index in [1.165, 1.54) is 14.0 Å². The van der Waals surface area contributed by atoms with Crippen LogP contribution in [0.2, 0.25) is 0 Å². The molecule has 0 spiro atoms. The first kappa shape index (κ1) is 14.9. The molecule has 110 valence electrons. The lowest BCUT2D eigenvalue weighted by molar-refractivity contribution is -0.132. The summed E-state index contributed by atoms with van der Waals surface area (Å²) in [5.74, 6) is -0.537. The maximum atomic E-state index is 11.0. The van der Waals surface area contributed by atoms with Gasteiger partial charge in [-0.15, -0.1) is 0 Å². The highest BCUT2D eigenvalue weighted by molar-refractivity contribution is 6.02. The second-order valence-corrected chi connectivity index (χ2v) is 4.84. The molecule has 4 nitrogen and oxygen atoms in total. The van der Waals surface area contributed by atoms with E-state index in [0.29, 0.717) is 11.1 Å². The number of hydrogen-bond donors (Lipinski definition) is 2. The zero-order chi connectivity index (χ0) is 15.6. The van der Waals surface area contributed by atoms with Gasteiger partial charge in [-0.1, -0.05) is 25.1 Å². The van der Waals surface area contributed by atoms with Gasteiger partial charge in [0, 0.05) is 11.0 Å². The Labute approximate surface area is 123 Å². The lowest BCUT2D eigenvalue weighted by Crippen LogP contribution is -1.97. The maximum Gasteiger partial charge on any atom is 0.331 e. The number of phenolic OH excluding ortho intramolecular Hbond substituents is 1. The molecule has 0 aromatic heterocycles. The van der Waals surface area contributed by atoms with Crippen molar-refractivity contribution >= 4 is 22.8 Å². The summed E-state index contributed by atoms with van der Waals surface area (Å²) < 4.78 is 5.21. The lowest BCUT2D eigenvalue weighted by Gasteiger charge is -2.13. The molecular formula is C17H18O4. The number of hydrogen-bond acceptors (Lipinski definition) is 3. The minimum Gasteiger partial charge on any atom is -0.504 e. The first-order valence-electron chi connectivity index (χ1n) is 6.72. The highest BCUT2D eigenvalue weighted by atomic mass is 16.5. The second kappa shape index (κ2) is 5.87. The normalized spacial score (nSPS) is 11.7.